The van der Waals surface area contributed by atoms with E-state index in [0.717, 1.165) is 5.56 Å². The molecule has 5 nitrogen and oxygen atoms in total. The Balaban J connectivity index is 1.36. The van der Waals surface area contributed by atoms with Crippen molar-refractivity contribution < 1.29 is 18.7 Å². The molecule has 1 saturated carbocycles. The minimum absolute atomic E-state index is 0.0317. The maximum Gasteiger partial charge on any atom is 0.310 e. The van der Waals surface area contributed by atoms with E-state index in [0.29, 0.717) is 30.6 Å². The highest BCUT2D eigenvalue weighted by Gasteiger charge is 2.47. The molecule has 1 amide bonds. The lowest BCUT2D eigenvalue weighted by molar-refractivity contribution is -0.154. The Bertz CT molecular complexity index is 918. The molecule has 0 unspecified atom stereocenters. The summed E-state index contributed by atoms with van der Waals surface area (Å²) >= 11 is 0. The second-order valence-electron chi connectivity index (χ2n) is 6.86. The Labute approximate surface area is 156 Å². The topological polar surface area (TPSA) is 70.4 Å². The van der Waals surface area contributed by atoms with Crippen LogP contribution >= 0.6 is 0 Å². The first-order valence-electron chi connectivity index (χ1n) is 8.84. The molecular formula is C21H17FN2O3. The maximum absolute atomic E-state index is 13.0. The van der Waals surface area contributed by atoms with Crippen LogP contribution in [-0.2, 0) is 14.3 Å². The molecule has 2 aromatic carbocycles. The van der Waals surface area contributed by atoms with Crippen LogP contribution in [0, 0.1) is 23.1 Å². The van der Waals surface area contributed by atoms with Gasteiger partial charge in [-0.2, -0.15) is 5.26 Å². The van der Waals surface area contributed by atoms with E-state index in [1.54, 1.807) is 41.3 Å². The van der Waals surface area contributed by atoms with Gasteiger partial charge >= 0.3 is 5.97 Å². The Morgan fingerprint density at radius 3 is 2.52 bits per heavy atom. The van der Waals surface area contributed by atoms with Crippen molar-refractivity contribution in [3.05, 3.63) is 65.5 Å². The molecule has 2 fully saturated rings. The second-order valence-corrected chi connectivity index (χ2v) is 6.86. The molecule has 27 heavy (non-hydrogen) atoms. The predicted molar refractivity (Wildman–Crippen MR) is 95.3 cm³/mol. The summed E-state index contributed by atoms with van der Waals surface area (Å²) in [6.45, 7) is 0.467. The third-order valence-electron chi connectivity index (χ3n) is 5.11. The number of halogens is 1. The number of esters is 1. The summed E-state index contributed by atoms with van der Waals surface area (Å²) in [4.78, 5) is 26.5. The molecule has 0 radical (unpaired) electrons. The number of ether oxygens (including phenoxy) is 1. The van der Waals surface area contributed by atoms with Crippen molar-refractivity contribution in [1.29, 1.82) is 5.26 Å². The van der Waals surface area contributed by atoms with Gasteiger partial charge in [0.25, 0.3) is 5.91 Å². The Kier molecular flexibility index (Phi) is 4.36. The van der Waals surface area contributed by atoms with Crippen molar-refractivity contribution in [2.24, 2.45) is 5.92 Å². The number of nitrogens with zero attached hydrogens (tertiary/aromatic N) is 2. The molecular weight excluding hydrogens is 347 g/mol. The largest absolute Gasteiger partial charge is 0.452 e. The summed E-state index contributed by atoms with van der Waals surface area (Å²) in [7, 11) is 0. The normalized spacial score (nSPS) is 23.8. The summed E-state index contributed by atoms with van der Waals surface area (Å²) < 4.78 is 18.5. The van der Waals surface area contributed by atoms with Gasteiger partial charge in [-0.25, -0.2) is 4.39 Å². The summed E-state index contributed by atoms with van der Waals surface area (Å²) in [5.41, 5.74) is 2.12. The number of amides is 1. The summed E-state index contributed by atoms with van der Waals surface area (Å²) in [6.07, 6.45) is 0.325. The van der Waals surface area contributed by atoms with Crippen molar-refractivity contribution in [2.75, 3.05) is 11.4 Å². The van der Waals surface area contributed by atoms with Gasteiger partial charge in [0.15, 0.2) is 6.10 Å². The number of benzene rings is 2. The van der Waals surface area contributed by atoms with E-state index in [2.05, 4.69) is 0 Å². The number of hydrogen-bond acceptors (Lipinski definition) is 4. The highest BCUT2D eigenvalue weighted by atomic mass is 19.1. The molecule has 1 saturated heterocycles. The van der Waals surface area contributed by atoms with Gasteiger partial charge in [-0.15, -0.1) is 0 Å². The van der Waals surface area contributed by atoms with Gasteiger partial charge in [-0.1, -0.05) is 12.1 Å². The molecule has 1 heterocycles. The van der Waals surface area contributed by atoms with E-state index < -0.39 is 6.10 Å². The number of nitriles is 1. The second kappa shape index (κ2) is 6.84. The van der Waals surface area contributed by atoms with Crippen molar-refractivity contribution >= 4 is 17.6 Å². The Morgan fingerprint density at radius 2 is 1.85 bits per heavy atom. The molecule has 2 aliphatic rings. The van der Waals surface area contributed by atoms with Gasteiger partial charge in [0.05, 0.1) is 17.6 Å². The minimum atomic E-state index is -0.775. The summed E-state index contributed by atoms with van der Waals surface area (Å²) in [5, 5.41) is 8.86. The number of rotatable bonds is 4. The van der Waals surface area contributed by atoms with Crippen molar-refractivity contribution in [1.82, 2.24) is 0 Å². The Hall–Kier alpha value is -3.20. The minimum Gasteiger partial charge on any atom is -0.452 e. The quantitative estimate of drug-likeness (QED) is 0.782. The molecule has 1 aliphatic carbocycles. The van der Waals surface area contributed by atoms with Gasteiger partial charge in [-0.3, -0.25) is 9.59 Å². The van der Waals surface area contributed by atoms with Crippen molar-refractivity contribution in [2.45, 2.75) is 24.9 Å². The van der Waals surface area contributed by atoms with Gasteiger partial charge in [-0.05, 0) is 54.3 Å². The Morgan fingerprint density at radius 1 is 1.15 bits per heavy atom. The molecule has 136 valence electrons. The van der Waals surface area contributed by atoms with E-state index in [9.17, 15) is 14.0 Å². The van der Waals surface area contributed by atoms with E-state index >= 15 is 0 Å². The maximum atomic E-state index is 13.0. The highest BCUT2D eigenvalue weighted by Crippen LogP contribution is 2.48. The van der Waals surface area contributed by atoms with Crippen LogP contribution in [-0.4, -0.2) is 24.5 Å². The SMILES string of the molecule is N#Cc1ccc(N2CC[C@H](OC(=O)[C@@H]3C[C@H]3c3ccc(F)cc3)C2=O)cc1. The van der Waals surface area contributed by atoms with Crippen LogP contribution in [0.1, 0.15) is 29.9 Å². The molecule has 1 aliphatic heterocycles. The van der Waals surface area contributed by atoms with E-state index in [-0.39, 0.29) is 29.5 Å². The fraction of sp³-hybridized carbons (Fsp3) is 0.286. The van der Waals surface area contributed by atoms with E-state index in [1.165, 1.54) is 12.1 Å². The van der Waals surface area contributed by atoms with Crippen LogP contribution in [0.3, 0.4) is 0 Å². The highest BCUT2D eigenvalue weighted by molar-refractivity contribution is 6.00. The number of carbonyl (C=O) groups excluding carboxylic acids is 2. The van der Waals surface area contributed by atoms with Crippen LogP contribution in [0.2, 0.25) is 0 Å². The molecule has 0 bridgehead atoms. The van der Waals surface area contributed by atoms with E-state index in [4.69, 9.17) is 10.00 Å². The predicted octanol–water partition coefficient (Wildman–Crippen LogP) is 3.15. The van der Waals surface area contributed by atoms with E-state index in [1.807, 2.05) is 6.07 Å². The van der Waals surface area contributed by atoms with Crippen LogP contribution in [0.4, 0.5) is 10.1 Å². The molecule has 4 rings (SSSR count). The summed E-state index contributed by atoms with van der Waals surface area (Å²) in [6, 6.07) is 14.9. The van der Waals surface area contributed by atoms with Gasteiger partial charge < -0.3 is 9.64 Å². The molecule has 0 spiro atoms. The third-order valence-corrected chi connectivity index (χ3v) is 5.11. The third kappa shape index (κ3) is 3.41. The molecule has 3 atom stereocenters. The lowest BCUT2D eigenvalue weighted by Crippen LogP contribution is -2.32. The molecule has 0 N–H and O–H groups in total. The lowest BCUT2D eigenvalue weighted by Gasteiger charge is -2.17. The monoisotopic (exact) mass is 364 g/mol. The molecule has 6 heteroatoms. The zero-order valence-electron chi connectivity index (χ0n) is 14.5. The van der Waals surface area contributed by atoms with Crippen molar-refractivity contribution in [3.63, 3.8) is 0 Å². The van der Waals surface area contributed by atoms with Crippen LogP contribution in [0.5, 0.6) is 0 Å². The first-order valence-corrected chi connectivity index (χ1v) is 8.84. The lowest BCUT2D eigenvalue weighted by atomic mass is 10.1. The average molecular weight is 364 g/mol. The fourth-order valence-corrected chi connectivity index (χ4v) is 3.50. The molecule has 0 aromatic heterocycles. The zero-order chi connectivity index (χ0) is 19.0. The smallest absolute Gasteiger partial charge is 0.310 e. The fourth-order valence-electron chi connectivity index (χ4n) is 3.50. The first kappa shape index (κ1) is 17.2. The van der Waals surface area contributed by atoms with Gasteiger partial charge in [0.2, 0.25) is 0 Å². The number of hydrogen-bond donors (Lipinski definition) is 0. The van der Waals surface area contributed by atoms with Gasteiger partial charge in [0.1, 0.15) is 5.82 Å². The zero-order valence-corrected chi connectivity index (χ0v) is 14.5. The van der Waals surface area contributed by atoms with Crippen LogP contribution < -0.4 is 4.90 Å². The first-order chi connectivity index (χ1) is 13.1. The van der Waals surface area contributed by atoms with Crippen LogP contribution in [0.25, 0.3) is 0 Å². The molecule has 2 aromatic rings. The number of anilines is 1. The van der Waals surface area contributed by atoms with Crippen LogP contribution in [0.15, 0.2) is 48.5 Å². The number of carbonyl (C=O) groups is 2. The standard InChI is InChI=1S/C21H17FN2O3/c22-15-5-3-14(4-6-15)17-11-18(17)21(26)27-19-9-10-24(20(19)25)16-7-1-13(12-23)2-8-16/h1-8,17-19H,9-11H2/t17-,18+,19-/m0/s1. The summed E-state index contributed by atoms with van der Waals surface area (Å²) in [5.74, 6) is -1.16. The van der Waals surface area contributed by atoms with Crippen molar-refractivity contribution in [3.8, 4) is 6.07 Å². The average Bonchev–Trinajstić information content (AvgIpc) is 3.41. The van der Waals surface area contributed by atoms with Gasteiger partial charge in [0, 0.05) is 18.7 Å².